The predicted molar refractivity (Wildman–Crippen MR) is 72.4 cm³/mol. The van der Waals surface area contributed by atoms with Gasteiger partial charge in [0.1, 0.15) is 0 Å². The number of rotatable bonds is 5. The third-order valence-corrected chi connectivity index (χ3v) is 4.05. The van der Waals surface area contributed by atoms with Crippen molar-refractivity contribution in [2.24, 2.45) is 0 Å². The first-order valence-electron chi connectivity index (χ1n) is 7.07. The molecule has 0 aliphatic carbocycles. The van der Waals surface area contributed by atoms with Gasteiger partial charge in [-0.3, -0.25) is 0 Å². The van der Waals surface area contributed by atoms with Crippen molar-refractivity contribution < 1.29 is 9.47 Å². The summed E-state index contributed by atoms with van der Waals surface area (Å²) in [4.78, 5) is 0. The third-order valence-electron chi connectivity index (χ3n) is 4.05. The first-order chi connectivity index (χ1) is 7.72. The molecule has 0 spiro atoms. The van der Waals surface area contributed by atoms with Gasteiger partial charge >= 0.3 is 0 Å². The highest BCUT2D eigenvalue weighted by molar-refractivity contribution is 4.99. The highest BCUT2D eigenvalue weighted by Crippen LogP contribution is 2.41. The third kappa shape index (κ3) is 3.69. The normalized spacial score (nSPS) is 31.4. The Bertz CT molecular complexity index is 245. The average molecular weight is 242 g/mol. The minimum Gasteiger partial charge on any atom is -0.369 e. The van der Waals surface area contributed by atoms with Crippen molar-refractivity contribution >= 4 is 0 Å². The fourth-order valence-corrected chi connectivity index (χ4v) is 2.60. The van der Waals surface area contributed by atoms with Crippen molar-refractivity contribution in [1.82, 2.24) is 0 Å². The standard InChI is InChI=1S/C15H30O2/c1-7-8-9-10-11-15(6)14(4,5)17-13(2,3)12-16-15/h7-12H2,1-6H3. The summed E-state index contributed by atoms with van der Waals surface area (Å²) < 4.78 is 12.4. The summed E-state index contributed by atoms with van der Waals surface area (Å²) in [6.07, 6.45) is 6.23. The molecule has 1 fully saturated rings. The van der Waals surface area contributed by atoms with Crippen LogP contribution < -0.4 is 0 Å². The van der Waals surface area contributed by atoms with Crippen LogP contribution in [0.3, 0.4) is 0 Å². The van der Waals surface area contributed by atoms with Gasteiger partial charge in [0.05, 0.1) is 23.4 Å². The van der Waals surface area contributed by atoms with E-state index in [1.165, 1.54) is 25.7 Å². The molecule has 17 heavy (non-hydrogen) atoms. The number of unbranched alkanes of at least 4 members (excludes halogenated alkanes) is 3. The van der Waals surface area contributed by atoms with Gasteiger partial charge in [-0.05, 0) is 41.0 Å². The van der Waals surface area contributed by atoms with Crippen LogP contribution >= 0.6 is 0 Å². The van der Waals surface area contributed by atoms with Crippen LogP contribution in [0.2, 0.25) is 0 Å². The van der Waals surface area contributed by atoms with E-state index in [0.717, 1.165) is 6.42 Å². The van der Waals surface area contributed by atoms with Crippen LogP contribution in [0, 0.1) is 0 Å². The van der Waals surface area contributed by atoms with Crippen molar-refractivity contribution in [3.8, 4) is 0 Å². The molecule has 0 aromatic heterocycles. The Morgan fingerprint density at radius 2 is 1.59 bits per heavy atom. The second-order valence-electron chi connectivity index (χ2n) is 6.70. The molecule has 0 N–H and O–H groups in total. The minimum absolute atomic E-state index is 0.143. The molecule has 2 nitrogen and oxygen atoms in total. The molecule has 0 aromatic rings. The van der Waals surface area contributed by atoms with Crippen LogP contribution in [-0.4, -0.2) is 23.4 Å². The van der Waals surface area contributed by atoms with E-state index < -0.39 is 0 Å². The summed E-state index contributed by atoms with van der Waals surface area (Å²) in [7, 11) is 0. The molecular formula is C15H30O2. The Hall–Kier alpha value is -0.0800. The van der Waals surface area contributed by atoms with Crippen LogP contribution in [0.5, 0.6) is 0 Å². The van der Waals surface area contributed by atoms with Crippen molar-refractivity contribution in [3.05, 3.63) is 0 Å². The van der Waals surface area contributed by atoms with Crippen molar-refractivity contribution in [1.29, 1.82) is 0 Å². The van der Waals surface area contributed by atoms with Gasteiger partial charge in [-0.1, -0.05) is 32.6 Å². The Balaban J connectivity index is 2.56. The molecule has 1 aliphatic rings. The molecule has 1 rings (SSSR count). The van der Waals surface area contributed by atoms with Crippen LogP contribution in [0.15, 0.2) is 0 Å². The summed E-state index contributed by atoms with van der Waals surface area (Å²) in [5.41, 5.74) is -0.510. The molecule has 1 saturated heterocycles. The number of hydrogen-bond acceptors (Lipinski definition) is 2. The van der Waals surface area contributed by atoms with Crippen molar-refractivity contribution in [2.75, 3.05) is 6.61 Å². The Labute approximate surface area is 107 Å². The van der Waals surface area contributed by atoms with E-state index in [1.807, 2.05) is 0 Å². The SMILES string of the molecule is CCCCCCC1(C)OCC(C)(C)OC1(C)C. The van der Waals surface area contributed by atoms with Gasteiger partial charge in [-0.2, -0.15) is 0 Å². The van der Waals surface area contributed by atoms with Crippen LogP contribution in [0.25, 0.3) is 0 Å². The maximum atomic E-state index is 6.21. The first kappa shape index (κ1) is 15.0. The average Bonchev–Trinajstić information content (AvgIpc) is 2.18. The fourth-order valence-electron chi connectivity index (χ4n) is 2.60. The van der Waals surface area contributed by atoms with E-state index in [2.05, 4.69) is 41.5 Å². The van der Waals surface area contributed by atoms with Gasteiger partial charge in [0.25, 0.3) is 0 Å². The topological polar surface area (TPSA) is 18.5 Å². The first-order valence-corrected chi connectivity index (χ1v) is 7.07. The van der Waals surface area contributed by atoms with E-state index in [-0.39, 0.29) is 16.8 Å². The van der Waals surface area contributed by atoms with Gasteiger partial charge in [0.15, 0.2) is 0 Å². The Morgan fingerprint density at radius 3 is 2.12 bits per heavy atom. The van der Waals surface area contributed by atoms with Gasteiger partial charge < -0.3 is 9.47 Å². The van der Waals surface area contributed by atoms with E-state index in [1.54, 1.807) is 0 Å². The summed E-state index contributed by atoms with van der Waals surface area (Å²) >= 11 is 0. The molecule has 0 amide bonds. The lowest BCUT2D eigenvalue weighted by Crippen LogP contribution is -2.61. The van der Waals surface area contributed by atoms with Crippen molar-refractivity contribution in [2.45, 2.75) is 90.4 Å². The number of ether oxygens (including phenoxy) is 2. The lowest BCUT2D eigenvalue weighted by molar-refractivity contribution is -0.300. The fraction of sp³-hybridized carbons (Fsp3) is 1.00. The minimum atomic E-state index is -0.207. The monoisotopic (exact) mass is 242 g/mol. The Morgan fingerprint density at radius 1 is 0.941 bits per heavy atom. The summed E-state index contributed by atoms with van der Waals surface area (Å²) in [5, 5.41) is 0. The second-order valence-corrected chi connectivity index (χ2v) is 6.70. The zero-order chi connectivity index (χ0) is 13.2. The van der Waals surface area contributed by atoms with Gasteiger partial charge in [-0.25, -0.2) is 0 Å². The van der Waals surface area contributed by atoms with E-state index >= 15 is 0 Å². The molecule has 102 valence electrons. The van der Waals surface area contributed by atoms with Gasteiger partial charge in [0.2, 0.25) is 0 Å². The second kappa shape index (κ2) is 5.27. The quantitative estimate of drug-likeness (QED) is 0.668. The summed E-state index contributed by atoms with van der Waals surface area (Å²) in [6, 6.07) is 0. The van der Waals surface area contributed by atoms with E-state index in [0.29, 0.717) is 6.61 Å². The molecular weight excluding hydrogens is 212 g/mol. The highest BCUT2D eigenvalue weighted by Gasteiger charge is 2.50. The molecule has 1 heterocycles. The predicted octanol–water partition coefficient (Wildman–Crippen LogP) is 4.32. The van der Waals surface area contributed by atoms with Gasteiger partial charge in [0, 0.05) is 0 Å². The largest absolute Gasteiger partial charge is 0.369 e. The molecule has 0 bridgehead atoms. The summed E-state index contributed by atoms with van der Waals surface area (Å²) in [6.45, 7) is 13.7. The lowest BCUT2D eigenvalue weighted by atomic mass is 9.80. The molecule has 1 unspecified atom stereocenters. The van der Waals surface area contributed by atoms with Gasteiger partial charge in [-0.15, -0.1) is 0 Å². The van der Waals surface area contributed by atoms with Crippen LogP contribution in [0.4, 0.5) is 0 Å². The van der Waals surface area contributed by atoms with E-state index in [9.17, 15) is 0 Å². The Kier molecular flexibility index (Phi) is 4.65. The summed E-state index contributed by atoms with van der Waals surface area (Å²) in [5.74, 6) is 0. The smallest absolute Gasteiger partial charge is 0.0939 e. The van der Waals surface area contributed by atoms with Crippen molar-refractivity contribution in [3.63, 3.8) is 0 Å². The number of hydrogen-bond donors (Lipinski definition) is 0. The van der Waals surface area contributed by atoms with E-state index in [4.69, 9.17) is 9.47 Å². The molecule has 2 heteroatoms. The molecule has 1 aliphatic heterocycles. The molecule has 1 atom stereocenters. The molecule has 0 radical (unpaired) electrons. The highest BCUT2D eigenvalue weighted by atomic mass is 16.6. The lowest BCUT2D eigenvalue weighted by Gasteiger charge is -2.53. The zero-order valence-corrected chi connectivity index (χ0v) is 12.6. The maximum Gasteiger partial charge on any atom is 0.0939 e. The van der Waals surface area contributed by atoms with Crippen LogP contribution in [-0.2, 0) is 9.47 Å². The maximum absolute atomic E-state index is 6.21. The zero-order valence-electron chi connectivity index (χ0n) is 12.6. The molecule has 0 aromatic carbocycles. The molecule has 0 saturated carbocycles. The van der Waals surface area contributed by atoms with Crippen LogP contribution in [0.1, 0.15) is 73.6 Å².